The summed E-state index contributed by atoms with van der Waals surface area (Å²) in [6.07, 6.45) is 4.43. The molecule has 1 unspecified atom stereocenters. The van der Waals surface area contributed by atoms with Crippen molar-refractivity contribution in [2.75, 3.05) is 18.6 Å². The summed E-state index contributed by atoms with van der Waals surface area (Å²) in [5.74, 6) is 0.428. The summed E-state index contributed by atoms with van der Waals surface area (Å²) in [6.45, 7) is 2.68. The van der Waals surface area contributed by atoms with Crippen LogP contribution in [0, 0.1) is 0 Å². The van der Waals surface area contributed by atoms with Crippen LogP contribution in [-0.2, 0) is 16.6 Å². The van der Waals surface area contributed by atoms with Gasteiger partial charge in [0.05, 0.1) is 34.5 Å². The van der Waals surface area contributed by atoms with Crippen LogP contribution in [0.15, 0.2) is 71.8 Å². The number of carbonyl (C=O) groups excluding carboxylic acids is 1. The van der Waals surface area contributed by atoms with E-state index in [1.54, 1.807) is 34.6 Å². The van der Waals surface area contributed by atoms with Crippen molar-refractivity contribution >= 4 is 42.6 Å². The first-order chi connectivity index (χ1) is 17.9. The van der Waals surface area contributed by atoms with Gasteiger partial charge in [0.2, 0.25) is 10.0 Å². The Morgan fingerprint density at radius 3 is 2.65 bits per heavy atom. The molecule has 192 valence electrons. The maximum absolute atomic E-state index is 13.7. The molecule has 10 heteroatoms. The van der Waals surface area contributed by atoms with Crippen molar-refractivity contribution in [3.05, 3.63) is 78.1 Å². The molecule has 2 aromatic carbocycles. The number of anilines is 1. The average molecular weight is 537 g/mol. The van der Waals surface area contributed by atoms with Crippen molar-refractivity contribution in [1.82, 2.24) is 14.3 Å². The predicted octanol–water partition coefficient (Wildman–Crippen LogP) is 5.11. The molecule has 1 saturated heterocycles. The molecule has 0 radical (unpaired) electrons. The summed E-state index contributed by atoms with van der Waals surface area (Å²) in [4.78, 5) is 24.6. The van der Waals surface area contributed by atoms with Crippen LogP contribution < -0.4 is 9.64 Å². The first kappa shape index (κ1) is 25.3. The van der Waals surface area contributed by atoms with E-state index in [0.29, 0.717) is 28.7 Å². The summed E-state index contributed by atoms with van der Waals surface area (Å²) in [7, 11) is -2.02. The number of sulfonamides is 1. The zero-order chi connectivity index (χ0) is 26.0. The van der Waals surface area contributed by atoms with E-state index in [1.807, 2.05) is 43.3 Å². The number of thiazole rings is 1. The molecule has 1 aliphatic heterocycles. The highest BCUT2D eigenvalue weighted by Gasteiger charge is 2.31. The van der Waals surface area contributed by atoms with Gasteiger partial charge in [-0.15, -0.1) is 0 Å². The minimum Gasteiger partial charge on any atom is -0.497 e. The van der Waals surface area contributed by atoms with Crippen molar-refractivity contribution in [2.45, 2.75) is 43.7 Å². The first-order valence-electron chi connectivity index (χ1n) is 12.1. The molecule has 3 heterocycles. The molecule has 0 bridgehead atoms. The van der Waals surface area contributed by atoms with Gasteiger partial charge >= 0.3 is 0 Å². The summed E-state index contributed by atoms with van der Waals surface area (Å²) < 4.78 is 34.3. The maximum Gasteiger partial charge on any atom is 0.260 e. The van der Waals surface area contributed by atoms with Crippen LogP contribution in [0.5, 0.6) is 5.75 Å². The lowest BCUT2D eigenvalue weighted by atomic mass is 10.1. The first-order valence-corrected chi connectivity index (χ1v) is 14.4. The van der Waals surface area contributed by atoms with Crippen molar-refractivity contribution in [3.8, 4) is 5.75 Å². The third-order valence-electron chi connectivity index (χ3n) is 6.56. The van der Waals surface area contributed by atoms with Crippen LogP contribution in [0.1, 0.15) is 42.2 Å². The number of ether oxygens (including phenoxy) is 1. The number of hydrogen-bond donors (Lipinski definition) is 0. The van der Waals surface area contributed by atoms with Crippen LogP contribution in [0.2, 0.25) is 0 Å². The maximum atomic E-state index is 13.7. The van der Waals surface area contributed by atoms with Gasteiger partial charge in [-0.1, -0.05) is 23.8 Å². The summed E-state index contributed by atoms with van der Waals surface area (Å²) in [5, 5.41) is 0.526. The fraction of sp³-hybridized carbons (Fsp3) is 0.296. The van der Waals surface area contributed by atoms with E-state index in [9.17, 15) is 13.2 Å². The average Bonchev–Trinajstić information content (AvgIpc) is 3.35. The molecule has 8 nitrogen and oxygen atoms in total. The lowest BCUT2D eigenvalue weighted by molar-refractivity contribution is 0.0984. The van der Waals surface area contributed by atoms with Gasteiger partial charge in [-0.3, -0.25) is 14.7 Å². The number of methoxy groups -OCH3 is 1. The fourth-order valence-electron chi connectivity index (χ4n) is 4.50. The number of hydrogen-bond acceptors (Lipinski definition) is 7. The second kappa shape index (κ2) is 10.6. The molecule has 0 N–H and O–H groups in total. The third-order valence-corrected chi connectivity index (χ3v) is 9.63. The van der Waals surface area contributed by atoms with Crippen LogP contribution in [0.4, 0.5) is 5.13 Å². The number of amides is 1. The van der Waals surface area contributed by atoms with E-state index in [4.69, 9.17) is 9.72 Å². The van der Waals surface area contributed by atoms with Gasteiger partial charge in [-0.25, -0.2) is 13.4 Å². The summed E-state index contributed by atoms with van der Waals surface area (Å²) >= 11 is 1.39. The van der Waals surface area contributed by atoms with Gasteiger partial charge in [-0.05, 0) is 74.4 Å². The molecule has 37 heavy (non-hydrogen) atoms. The Labute approximate surface area is 220 Å². The van der Waals surface area contributed by atoms with E-state index in [-0.39, 0.29) is 23.4 Å². The van der Waals surface area contributed by atoms with Gasteiger partial charge in [0.15, 0.2) is 5.13 Å². The number of carbonyl (C=O) groups is 1. The van der Waals surface area contributed by atoms with Crippen LogP contribution in [-0.4, -0.2) is 48.3 Å². The standard InChI is InChI=1S/C27H28N4O4S2/c1-19-7-4-6-16-31(19)37(33,34)23-12-9-20(10-13-23)26(32)30(18-21-8-3-5-15-28-21)27-29-24-14-11-22(35-2)17-25(24)36-27/h3,5,8-15,17,19H,4,6-7,16,18H2,1-2H3. The molecule has 0 spiro atoms. The summed E-state index contributed by atoms with van der Waals surface area (Å²) in [5.41, 5.74) is 1.85. The number of benzene rings is 2. The molecule has 0 saturated carbocycles. The molecule has 2 aromatic heterocycles. The van der Waals surface area contributed by atoms with E-state index >= 15 is 0 Å². The summed E-state index contributed by atoms with van der Waals surface area (Å²) in [6, 6.07) is 17.3. The normalized spacial score (nSPS) is 16.5. The number of fused-ring (bicyclic) bond motifs is 1. The lowest BCUT2D eigenvalue weighted by Gasteiger charge is -2.32. The second-order valence-electron chi connectivity index (χ2n) is 9.03. The zero-order valence-electron chi connectivity index (χ0n) is 20.7. The smallest absolute Gasteiger partial charge is 0.260 e. The fourth-order valence-corrected chi connectivity index (χ4v) is 7.20. The van der Waals surface area contributed by atoms with Crippen LogP contribution in [0.25, 0.3) is 10.2 Å². The molecular weight excluding hydrogens is 508 g/mol. The van der Waals surface area contributed by atoms with Gasteiger partial charge in [0.1, 0.15) is 5.75 Å². The number of aromatic nitrogens is 2. The number of nitrogens with zero attached hydrogens (tertiary/aromatic N) is 4. The molecule has 4 aromatic rings. The Hall–Kier alpha value is -3.34. The quantitative estimate of drug-likeness (QED) is 0.326. The Bertz CT molecular complexity index is 1500. The van der Waals surface area contributed by atoms with Gasteiger partial charge < -0.3 is 4.74 Å². The molecule has 1 aliphatic rings. The highest BCUT2D eigenvalue weighted by atomic mass is 32.2. The molecule has 1 amide bonds. The van der Waals surface area contributed by atoms with Crippen molar-refractivity contribution in [1.29, 1.82) is 0 Å². The SMILES string of the molecule is COc1ccc2nc(N(Cc3ccccn3)C(=O)c3ccc(S(=O)(=O)N4CCCCC4C)cc3)sc2c1. The second-order valence-corrected chi connectivity index (χ2v) is 11.9. The minimum absolute atomic E-state index is 0.0356. The topological polar surface area (TPSA) is 92.7 Å². The Balaban J connectivity index is 1.47. The van der Waals surface area contributed by atoms with Crippen molar-refractivity contribution < 1.29 is 17.9 Å². The Morgan fingerprint density at radius 2 is 1.95 bits per heavy atom. The Morgan fingerprint density at radius 1 is 1.14 bits per heavy atom. The molecule has 5 rings (SSSR count). The molecule has 1 fully saturated rings. The number of pyridine rings is 1. The zero-order valence-corrected chi connectivity index (χ0v) is 22.3. The van der Waals surface area contributed by atoms with Crippen LogP contribution in [0.3, 0.4) is 0 Å². The Kier molecular flexibility index (Phi) is 7.23. The van der Waals surface area contributed by atoms with Crippen molar-refractivity contribution in [3.63, 3.8) is 0 Å². The monoisotopic (exact) mass is 536 g/mol. The molecule has 0 aliphatic carbocycles. The van der Waals surface area contributed by atoms with Gasteiger partial charge in [-0.2, -0.15) is 4.31 Å². The van der Waals surface area contributed by atoms with Gasteiger partial charge in [0.25, 0.3) is 5.91 Å². The van der Waals surface area contributed by atoms with E-state index in [2.05, 4.69) is 4.98 Å². The third kappa shape index (κ3) is 5.22. The highest BCUT2D eigenvalue weighted by Crippen LogP contribution is 2.33. The predicted molar refractivity (Wildman–Crippen MR) is 145 cm³/mol. The van der Waals surface area contributed by atoms with Crippen molar-refractivity contribution in [2.24, 2.45) is 0 Å². The number of rotatable bonds is 7. The van der Waals surface area contributed by atoms with E-state index < -0.39 is 10.0 Å². The lowest BCUT2D eigenvalue weighted by Crippen LogP contribution is -2.41. The molecular formula is C27H28N4O4S2. The largest absolute Gasteiger partial charge is 0.497 e. The van der Waals surface area contributed by atoms with Crippen LogP contribution >= 0.6 is 11.3 Å². The van der Waals surface area contributed by atoms with E-state index in [1.165, 1.54) is 23.5 Å². The van der Waals surface area contributed by atoms with Gasteiger partial charge in [0, 0.05) is 24.3 Å². The molecule has 1 atom stereocenters. The highest BCUT2D eigenvalue weighted by molar-refractivity contribution is 7.89. The number of piperidine rings is 1. The van der Waals surface area contributed by atoms with E-state index in [0.717, 1.165) is 29.5 Å². The minimum atomic E-state index is -3.62.